The van der Waals surface area contributed by atoms with Gasteiger partial charge in [-0.25, -0.2) is 9.18 Å². The fourth-order valence-corrected chi connectivity index (χ4v) is 1.75. The zero-order valence-corrected chi connectivity index (χ0v) is 12.3. The summed E-state index contributed by atoms with van der Waals surface area (Å²) >= 11 is 0. The maximum atomic E-state index is 12.8. The third kappa shape index (κ3) is 4.15. The number of hydrogen-bond acceptors (Lipinski definition) is 3. The molecule has 0 heterocycles. The number of hydrogen-bond donors (Lipinski definition) is 1. The van der Waals surface area contributed by atoms with E-state index >= 15 is 0 Å². The summed E-state index contributed by atoms with van der Waals surface area (Å²) in [7, 11) is 0. The molecule has 0 fully saturated rings. The molecule has 0 bridgehead atoms. The summed E-state index contributed by atoms with van der Waals surface area (Å²) in [6.45, 7) is 3.39. The summed E-state index contributed by atoms with van der Waals surface area (Å²) in [5, 5.41) is 2.55. The lowest BCUT2D eigenvalue weighted by atomic mass is 10.1. The van der Waals surface area contributed by atoms with Crippen molar-refractivity contribution in [2.75, 3.05) is 5.32 Å². The maximum absolute atomic E-state index is 12.8. The number of halogens is 1. The van der Waals surface area contributed by atoms with Gasteiger partial charge < -0.3 is 10.1 Å². The summed E-state index contributed by atoms with van der Waals surface area (Å²) in [4.78, 5) is 23.9. The first-order valence-corrected chi connectivity index (χ1v) is 6.80. The van der Waals surface area contributed by atoms with Gasteiger partial charge in [-0.15, -0.1) is 0 Å². The number of anilines is 1. The van der Waals surface area contributed by atoms with E-state index in [2.05, 4.69) is 5.32 Å². The van der Waals surface area contributed by atoms with E-state index in [1.807, 2.05) is 6.92 Å². The summed E-state index contributed by atoms with van der Waals surface area (Å²) in [5.74, 6) is -1.44. The molecule has 0 saturated carbocycles. The number of amides is 1. The van der Waals surface area contributed by atoms with E-state index in [9.17, 15) is 14.0 Å². The highest BCUT2D eigenvalue weighted by molar-refractivity contribution is 5.97. The summed E-state index contributed by atoms with van der Waals surface area (Å²) in [6.07, 6.45) is -0.959. The first kappa shape index (κ1) is 15.7. The van der Waals surface area contributed by atoms with Gasteiger partial charge in [0, 0.05) is 5.69 Å². The van der Waals surface area contributed by atoms with Gasteiger partial charge in [0.1, 0.15) is 5.82 Å². The van der Waals surface area contributed by atoms with Crippen LogP contribution in [-0.2, 0) is 9.53 Å². The number of aryl methyl sites for hydroxylation is 1. The molecule has 0 aliphatic rings. The Labute approximate surface area is 127 Å². The quantitative estimate of drug-likeness (QED) is 0.881. The van der Waals surface area contributed by atoms with Gasteiger partial charge in [0.05, 0.1) is 5.56 Å². The summed E-state index contributed by atoms with van der Waals surface area (Å²) < 4.78 is 17.9. The Morgan fingerprint density at radius 2 is 1.64 bits per heavy atom. The predicted octanol–water partition coefficient (Wildman–Crippen LogP) is 3.32. The van der Waals surface area contributed by atoms with Crippen molar-refractivity contribution in [3.8, 4) is 0 Å². The molecule has 0 aliphatic heterocycles. The minimum Gasteiger partial charge on any atom is -0.449 e. The molecule has 1 amide bonds. The summed E-state index contributed by atoms with van der Waals surface area (Å²) in [6, 6.07) is 12.2. The van der Waals surface area contributed by atoms with Crippen molar-refractivity contribution < 1.29 is 18.7 Å². The second-order valence-electron chi connectivity index (χ2n) is 4.91. The van der Waals surface area contributed by atoms with Crippen LogP contribution in [0.3, 0.4) is 0 Å². The van der Waals surface area contributed by atoms with E-state index in [-0.39, 0.29) is 0 Å². The van der Waals surface area contributed by atoms with Crippen LogP contribution < -0.4 is 5.32 Å². The van der Waals surface area contributed by atoms with Gasteiger partial charge >= 0.3 is 5.97 Å². The van der Waals surface area contributed by atoms with Crippen LogP contribution in [0.1, 0.15) is 22.8 Å². The molecule has 0 aliphatic carbocycles. The molecule has 2 aromatic carbocycles. The monoisotopic (exact) mass is 301 g/mol. The lowest BCUT2D eigenvalue weighted by Gasteiger charge is -2.13. The van der Waals surface area contributed by atoms with E-state index in [1.54, 1.807) is 24.3 Å². The van der Waals surface area contributed by atoms with Crippen molar-refractivity contribution in [1.82, 2.24) is 0 Å². The highest BCUT2D eigenvalue weighted by Crippen LogP contribution is 2.11. The number of carbonyl (C=O) groups is 2. The van der Waals surface area contributed by atoms with Crippen LogP contribution in [0.25, 0.3) is 0 Å². The average Bonchev–Trinajstić information content (AvgIpc) is 2.50. The van der Waals surface area contributed by atoms with E-state index in [0.29, 0.717) is 11.3 Å². The van der Waals surface area contributed by atoms with E-state index in [4.69, 9.17) is 4.74 Å². The predicted molar refractivity (Wildman–Crippen MR) is 81.1 cm³/mol. The minimum absolute atomic E-state index is 0.382. The lowest BCUT2D eigenvalue weighted by molar-refractivity contribution is -0.123. The van der Waals surface area contributed by atoms with E-state index in [1.165, 1.54) is 31.2 Å². The Morgan fingerprint density at radius 3 is 2.23 bits per heavy atom. The van der Waals surface area contributed by atoms with Crippen LogP contribution in [0.4, 0.5) is 10.1 Å². The lowest BCUT2D eigenvalue weighted by Crippen LogP contribution is -2.30. The number of nitrogens with one attached hydrogen (secondary N) is 1. The Kier molecular flexibility index (Phi) is 4.88. The molecule has 0 spiro atoms. The Balaban J connectivity index is 1.94. The molecule has 4 nitrogen and oxygen atoms in total. The fraction of sp³-hybridized carbons (Fsp3) is 0.176. The van der Waals surface area contributed by atoms with Crippen LogP contribution in [0, 0.1) is 12.7 Å². The Hall–Kier alpha value is -2.69. The molecule has 1 N–H and O–H groups in total. The first-order chi connectivity index (χ1) is 10.5. The third-order valence-electron chi connectivity index (χ3n) is 3.05. The molecule has 114 valence electrons. The largest absolute Gasteiger partial charge is 0.449 e. The second kappa shape index (κ2) is 6.85. The minimum atomic E-state index is -0.959. The molecule has 5 heteroatoms. The second-order valence-corrected chi connectivity index (χ2v) is 4.91. The van der Waals surface area contributed by atoms with Crippen LogP contribution in [0.2, 0.25) is 0 Å². The van der Waals surface area contributed by atoms with Gasteiger partial charge in [0.2, 0.25) is 0 Å². The highest BCUT2D eigenvalue weighted by atomic mass is 19.1. The van der Waals surface area contributed by atoms with Crippen molar-refractivity contribution in [3.63, 3.8) is 0 Å². The van der Waals surface area contributed by atoms with Gasteiger partial charge in [-0.2, -0.15) is 0 Å². The van der Waals surface area contributed by atoms with Gasteiger partial charge in [-0.05, 0) is 50.2 Å². The average molecular weight is 301 g/mol. The maximum Gasteiger partial charge on any atom is 0.338 e. The van der Waals surface area contributed by atoms with Gasteiger partial charge in [-0.1, -0.05) is 17.7 Å². The summed E-state index contributed by atoms with van der Waals surface area (Å²) in [5.41, 5.74) is 1.84. The van der Waals surface area contributed by atoms with Crippen molar-refractivity contribution in [1.29, 1.82) is 0 Å². The third-order valence-corrected chi connectivity index (χ3v) is 3.05. The zero-order valence-electron chi connectivity index (χ0n) is 12.3. The number of ether oxygens (including phenoxy) is 1. The standard InChI is InChI=1S/C17H16FNO3/c1-11-3-5-13(6-4-11)17(21)22-12(2)16(20)19-15-9-7-14(18)8-10-15/h3-10,12H,1-2H3,(H,19,20)/t12-/m1/s1. The molecule has 22 heavy (non-hydrogen) atoms. The SMILES string of the molecule is Cc1ccc(C(=O)O[C@H](C)C(=O)Nc2ccc(F)cc2)cc1. The van der Waals surface area contributed by atoms with Crippen molar-refractivity contribution in [3.05, 3.63) is 65.5 Å². The Bertz CT molecular complexity index is 665. The van der Waals surface area contributed by atoms with Gasteiger partial charge in [0.15, 0.2) is 6.10 Å². The van der Waals surface area contributed by atoms with Crippen LogP contribution >= 0.6 is 0 Å². The first-order valence-electron chi connectivity index (χ1n) is 6.80. The van der Waals surface area contributed by atoms with Crippen molar-refractivity contribution in [2.45, 2.75) is 20.0 Å². The number of rotatable bonds is 4. The van der Waals surface area contributed by atoms with Crippen LogP contribution in [-0.4, -0.2) is 18.0 Å². The molecule has 2 rings (SSSR count). The van der Waals surface area contributed by atoms with Gasteiger partial charge in [-0.3, -0.25) is 4.79 Å². The normalized spacial score (nSPS) is 11.6. The fourth-order valence-electron chi connectivity index (χ4n) is 1.75. The number of esters is 1. The molecule has 1 atom stereocenters. The smallest absolute Gasteiger partial charge is 0.338 e. The number of benzene rings is 2. The topological polar surface area (TPSA) is 55.4 Å². The molecule has 2 aromatic rings. The van der Waals surface area contributed by atoms with Crippen molar-refractivity contribution >= 4 is 17.6 Å². The molecule has 0 aromatic heterocycles. The molecule has 0 unspecified atom stereocenters. The molecule has 0 radical (unpaired) electrons. The van der Waals surface area contributed by atoms with Crippen LogP contribution in [0.5, 0.6) is 0 Å². The molecule has 0 saturated heterocycles. The van der Waals surface area contributed by atoms with Gasteiger partial charge in [0.25, 0.3) is 5.91 Å². The van der Waals surface area contributed by atoms with Crippen molar-refractivity contribution in [2.24, 2.45) is 0 Å². The van der Waals surface area contributed by atoms with Crippen LogP contribution in [0.15, 0.2) is 48.5 Å². The number of carbonyl (C=O) groups excluding carboxylic acids is 2. The zero-order chi connectivity index (χ0) is 16.1. The highest BCUT2D eigenvalue weighted by Gasteiger charge is 2.19. The van der Waals surface area contributed by atoms with E-state index in [0.717, 1.165) is 5.56 Å². The molecular weight excluding hydrogens is 285 g/mol. The molecular formula is C17H16FNO3. The Morgan fingerprint density at radius 1 is 1.05 bits per heavy atom. The van der Waals surface area contributed by atoms with E-state index < -0.39 is 23.8 Å².